The first-order valence-corrected chi connectivity index (χ1v) is 14.2. The van der Waals surface area contributed by atoms with Crippen molar-refractivity contribution < 1.29 is 23.9 Å². The predicted octanol–water partition coefficient (Wildman–Crippen LogP) is 5.12. The normalized spacial score (nSPS) is 16.3. The lowest BCUT2D eigenvalue weighted by molar-refractivity contribution is -0.122. The second-order valence-electron chi connectivity index (χ2n) is 9.74. The van der Waals surface area contributed by atoms with Crippen molar-refractivity contribution >= 4 is 63.0 Å². The van der Waals surface area contributed by atoms with E-state index in [4.69, 9.17) is 21.7 Å². The van der Waals surface area contributed by atoms with E-state index in [9.17, 15) is 14.4 Å². The molecular formula is C31H29N3O5S2. The topological polar surface area (TPSA) is 88.2 Å². The van der Waals surface area contributed by atoms with Crippen molar-refractivity contribution in [3.8, 4) is 11.5 Å². The van der Waals surface area contributed by atoms with E-state index >= 15 is 0 Å². The summed E-state index contributed by atoms with van der Waals surface area (Å²) >= 11 is 6.68. The minimum Gasteiger partial charge on any atom is -0.493 e. The van der Waals surface area contributed by atoms with Crippen molar-refractivity contribution in [3.63, 3.8) is 0 Å². The number of methoxy groups -OCH3 is 2. The molecule has 210 valence electrons. The molecule has 2 aliphatic heterocycles. The molecule has 5 rings (SSSR count). The van der Waals surface area contributed by atoms with Gasteiger partial charge < -0.3 is 14.8 Å². The van der Waals surface area contributed by atoms with Crippen LogP contribution in [-0.4, -0.2) is 54.3 Å². The Morgan fingerprint density at radius 1 is 0.927 bits per heavy atom. The van der Waals surface area contributed by atoms with Gasteiger partial charge in [0.25, 0.3) is 11.8 Å². The van der Waals surface area contributed by atoms with Crippen molar-refractivity contribution in [1.29, 1.82) is 0 Å². The van der Waals surface area contributed by atoms with Gasteiger partial charge in [-0.3, -0.25) is 24.2 Å². The molecule has 1 fully saturated rings. The standard InChI is InChI=1S/C31H29N3O5S2/c1-18-9-10-19(2)22(15-18)32-26(35)17-34-23-8-6-5-7-21(23)27(29(34)36)28-30(37)33(31(40)41-28)14-13-20-11-12-24(38-3)25(16-20)39-4/h5-12,15-16H,13-14,17H2,1-4H3,(H,32,35). The molecular weight excluding hydrogens is 558 g/mol. The van der Waals surface area contributed by atoms with Gasteiger partial charge in [-0.25, -0.2) is 0 Å². The zero-order chi connectivity index (χ0) is 29.3. The number of carbonyl (C=O) groups is 3. The first-order chi connectivity index (χ1) is 19.7. The van der Waals surface area contributed by atoms with E-state index < -0.39 is 5.91 Å². The van der Waals surface area contributed by atoms with Gasteiger partial charge in [0.05, 0.1) is 30.4 Å². The van der Waals surface area contributed by atoms with E-state index in [2.05, 4.69) is 5.32 Å². The summed E-state index contributed by atoms with van der Waals surface area (Å²) in [5.41, 5.74) is 5.06. The lowest BCUT2D eigenvalue weighted by atomic mass is 10.1. The number of benzene rings is 3. The van der Waals surface area contributed by atoms with Crippen molar-refractivity contribution in [3.05, 3.63) is 87.8 Å². The molecule has 41 heavy (non-hydrogen) atoms. The van der Waals surface area contributed by atoms with Gasteiger partial charge >= 0.3 is 0 Å². The summed E-state index contributed by atoms with van der Waals surface area (Å²) < 4.78 is 11.1. The zero-order valence-electron chi connectivity index (χ0n) is 23.1. The number of anilines is 2. The summed E-state index contributed by atoms with van der Waals surface area (Å²) in [6.07, 6.45) is 0.532. The molecule has 0 spiro atoms. The molecule has 3 amide bonds. The van der Waals surface area contributed by atoms with Gasteiger partial charge in [-0.15, -0.1) is 0 Å². The number of nitrogens with zero attached hydrogens (tertiary/aromatic N) is 2. The van der Waals surface area contributed by atoms with Crippen LogP contribution in [0.5, 0.6) is 11.5 Å². The molecule has 1 N–H and O–H groups in total. The summed E-state index contributed by atoms with van der Waals surface area (Å²) in [5.74, 6) is 0.179. The zero-order valence-corrected chi connectivity index (χ0v) is 24.8. The minimum atomic E-state index is -0.400. The highest BCUT2D eigenvalue weighted by atomic mass is 32.2. The van der Waals surface area contributed by atoms with Crippen LogP contribution in [0.2, 0.25) is 0 Å². The van der Waals surface area contributed by atoms with Crippen LogP contribution in [-0.2, 0) is 20.8 Å². The Hall–Kier alpha value is -4.15. The number of hydrogen-bond acceptors (Lipinski definition) is 7. The molecule has 0 unspecified atom stereocenters. The minimum absolute atomic E-state index is 0.188. The Balaban J connectivity index is 1.37. The third kappa shape index (κ3) is 5.57. The average molecular weight is 588 g/mol. The van der Waals surface area contributed by atoms with E-state index in [1.165, 1.54) is 9.80 Å². The van der Waals surface area contributed by atoms with Gasteiger partial charge in [-0.05, 0) is 61.2 Å². The van der Waals surface area contributed by atoms with Crippen LogP contribution >= 0.6 is 24.0 Å². The summed E-state index contributed by atoms with van der Waals surface area (Å²) in [4.78, 5) is 43.6. The Morgan fingerprint density at radius 2 is 1.68 bits per heavy atom. The summed E-state index contributed by atoms with van der Waals surface area (Å²) in [6.45, 7) is 4.02. The molecule has 0 aliphatic carbocycles. The van der Waals surface area contributed by atoms with Crippen LogP contribution in [0.15, 0.2) is 65.6 Å². The first-order valence-electron chi connectivity index (χ1n) is 13.0. The van der Waals surface area contributed by atoms with E-state index in [0.29, 0.717) is 45.7 Å². The Kier molecular flexibility index (Phi) is 8.14. The average Bonchev–Trinajstić information content (AvgIpc) is 3.40. The first kappa shape index (κ1) is 28.4. The fourth-order valence-electron chi connectivity index (χ4n) is 4.88. The maximum Gasteiger partial charge on any atom is 0.267 e. The summed E-state index contributed by atoms with van der Waals surface area (Å²) in [7, 11) is 3.15. The molecule has 1 saturated heterocycles. The van der Waals surface area contributed by atoms with Crippen molar-refractivity contribution in [1.82, 2.24) is 4.90 Å². The van der Waals surface area contributed by atoms with Gasteiger partial charge in [0.15, 0.2) is 11.5 Å². The molecule has 10 heteroatoms. The number of fused-ring (bicyclic) bond motifs is 1. The summed E-state index contributed by atoms with van der Waals surface area (Å²) in [6, 6.07) is 18.6. The van der Waals surface area contributed by atoms with E-state index in [1.807, 2.05) is 56.3 Å². The maximum atomic E-state index is 13.8. The molecule has 0 saturated carbocycles. The number of hydrogen-bond donors (Lipinski definition) is 1. The number of thiocarbonyl (C=S) groups is 1. The van der Waals surface area contributed by atoms with Crippen LogP contribution in [0.3, 0.4) is 0 Å². The second kappa shape index (κ2) is 11.8. The second-order valence-corrected chi connectivity index (χ2v) is 11.4. The number of amides is 3. The number of aryl methyl sites for hydroxylation is 2. The number of ether oxygens (including phenoxy) is 2. The van der Waals surface area contributed by atoms with Gasteiger partial charge in [0, 0.05) is 17.8 Å². The van der Waals surface area contributed by atoms with Gasteiger partial charge in [0.2, 0.25) is 5.91 Å². The van der Waals surface area contributed by atoms with Gasteiger partial charge in [-0.2, -0.15) is 0 Å². The molecule has 0 bridgehead atoms. The van der Waals surface area contributed by atoms with Crippen molar-refractivity contribution in [2.75, 3.05) is 37.5 Å². The molecule has 0 atom stereocenters. The molecule has 2 heterocycles. The molecule has 0 radical (unpaired) electrons. The molecule has 8 nitrogen and oxygen atoms in total. The highest BCUT2D eigenvalue weighted by Crippen LogP contribution is 2.44. The predicted molar refractivity (Wildman–Crippen MR) is 165 cm³/mol. The van der Waals surface area contributed by atoms with Crippen molar-refractivity contribution in [2.24, 2.45) is 0 Å². The third-order valence-corrected chi connectivity index (χ3v) is 8.49. The number of rotatable bonds is 8. The van der Waals surface area contributed by atoms with E-state index in [-0.39, 0.29) is 28.8 Å². The van der Waals surface area contributed by atoms with Crippen LogP contribution in [0, 0.1) is 13.8 Å². The highest BCUT2D eigenvalue weighted by Gasteiger charge is 2.42. The van der Waals surface area contributed by atoms with Crippen LogP contribution in [0.4, 0.5) is 11.4 Å². The fraction of sp³-hybridized carbons (Fsp3) is 0.226. The number of nitrogens with one attached hydrogen (secondary N) is 1. The largest absolute Gasteiger partial charge is 0.493 e. The number of para-hydroxylation sites is 1. The maximum absolute atomic E-state index is 13.8. The van der Waals surface area contributed by atoms with Crippen molar-refractivity contribution in [2.45, 2.75) is 20.3 Å². The highest BCUT2D eigenvalue weighted by molar-refractivity contribution is 8.26. The fourth-order valence-corrected chi connectivity index (χ4v) is 6.26. The van der Waals surface area contributed by atoms with Gasteiger partial charge in [0.1, 0.15) is 10.9 Å². The Bertz CT molecular complexity index is 1620. The monoisotopic (exact) mass is 587 g/mol. The van der Waals surface area contributed by atoms with Gasteiger partial charge in [-0.1, -0.05) is 60.4 Å². The molecule has 3 aromatic rings. The third-order valence-electron chi connectivity index (χ3n) is 7.04. The van der Waals surface area contributed by atoms with Crippen LogP contribution in [0.25, 0.3) is 5.57 Å². The van der Waals surface area contributed by atoms with Crippen LogP contribution in [0.1, 0.15) is 22.3 Å². The van der Waals surface area contributed by atoms with E-state index in [0.717, 1.165) is 28.5 Å². The quantitative estimate of drug-likeness (QED) is 0.289. The number of carbonyl (C=O) groups excluding carboxylic acids is 3. The SMILES string of the molecule is COc1ccc(CCN2C(=O)C(=C3C(=O)N(CC(=O)Nc4cc(C)ccc4C)c4ccccc43)SC2=S)cc1OC. The molecule has 0 aromatic heterocycles. The summed E-state index contributed by atoms with van der Waals surface area (Å²) in [5, 5.41) is 2.92. The lowest BCUT2D eigenvalue weighted by Crippen LogP contribution is -2.36. The van der Waals surface area contributed by atoms with Crippen LogP contribution < -0.4 is 19.7 Å². The molecule has 3 aromatic carbocycles. The van der Waals surface area contributed by atoms with E-state index in [1.54, 1.807) is 32.4 Å². The molecule has 2 aliphatic rings. The Labute approximate surface area is 248 Å². The lowest BCUT2D eigenvalue weighted by Gasteiger charge is -2.17. The smallest absolute Gasteiger partial charge is 0.267 e. The Morgan fingerprint density at radius 3 is 2.44 bits per heavy atom. The number of thioether (sulfide) groups is 1.